The van der Waals surface area contributed by atoms with Gasteiger partial charge in [-0.15, -0.1) is 0 Å². The van der Waals surface area contributed by atoms with Gasteiger partial charge in [-0.1, -0.05) is 18.2 Å². The Kier molecular flexibility index (Phi) is 2.74. The highest BCUT2D eigenvalue weighted by Crippen LogP contribution is 2.18. The Bertz CT molecular complexity index is 502. The first-order valence-electron chi connectivity index (χ1n) is 4.62. The monoisotopic (exact) mass is 203 g/mol. The summed E-state index contributed by atoms with van der Waals surface area (Å²) in [5.41, 5.74) is 1.55. The number of halogens is 1. The molecule has 1 aromatic heterocycles. The molecule has 1 heterocycles. The zero-order valence-corrected chi connectivity index (χ0v) is 8.02. The lowest BCUT2D eigenvalue weighted by molar-refractivity contribution is 0.300. The van der Waals surface area contributed by atoms with Crippen LogP contribution in [0.5, 0.6) is 0 Å². The number of pyridine rings is 1. The predicted octanol–water partition coefficient (Wildman–Crippen LogP) is 2.54. The van der Waals surface area contributed by atoms with E-state index < -0.39 is 12.4 Å². The van der Waals surface area contributed by atoms with Crippen LogP contribution in [0.25, 0.3) is 17.0 Å². The van der Waals surface area contributed by atoms with Gasteiger partial charge in [0.1, 0.15) is 5.83 Å². The number of hydrogen-bond acceptors (Lipinski definition) is 2. The maximum atomic E-state index is 12.9. The summed E-state index contributed by atoms with van der Waals surface area (Å²) in [5.74, 6) is -0.550. The zero-order valence-electron chi connectivity index (χ0n) is 8.02. The van der Waals surface area contributed by atoms with Gasteiger partial charge in [-0.05, 0) is 23.8 Å². The van der Waals surface area contributed by atoms with Crippen molar-refractivity contribution < 1.29 is 9.50 Å². The normalized spacial score (nSPS) is 12.0. The van der Waals surface area contributed by atoms with Gasteiger partial charge in [0.15, 0.2) is 0 Å². The molecule has 0 aliphatic rings. The van der Waals surface area contributed by atoms with Gasteiger partial charge in [-0.2, -0.15) is 0 Å². The molecule has 0 bridgehead atoms. The summed E-state index contributed by atoms with van der Waals surface area (Å²) in [6, 6.07) is 9.21. The summed E-state index contributed by atoms with van der Waals surface area (Å²) in [6.07, 6.45) is 2.95. The van der Waals surface area contributed by atoms with Gasteiger partial charge in [0.05, 0.1) is 12.1 Å². The van der Waals surface area contributed by atoms with Crippen LogP contribution in [0.4, 0.5) is 4.39 Å². The van der Waals surface area contributed by atoms with Crippen molar-refractivity contribution in [1.82, 2.24) is 4.98 Å². The summed E-state index contributed by atoms with van der Waals surface area (Å²) in [4.78, 5) is 4.16. The Hall–Kier alpha value is -1.74. The van der Waals surface area contributed by atoms with E-state index in [1.54, 1.807) is 12.3 Å². The van der Waals surface area contributed by atoms with E-state index >= 15 is 0 Å². The van der Waals surface area contributed by atoms with Gasteiger partial charge < -0.3 is 5.11 Å². The molecule has 0 atom stereocenters. The van der Waals surface area contributed by atoms with E-state index in [0.29, 0.717) is 0 Å². The molecule has 2 aromatic rings. The quantitative estimate of drug-likeness (QED) is 0.813. The Morgan fingerprint density at radius 2 is 2.13 bits per heavy atom. The van der Waals surface area contributed by atoms with Crippen molar-refractivity contribution in [3.63, 3.8) is 0 Å². The molecule has 2 rings (SSSR count). The average Bonchev–Trinajstić information content (AvgIpc) is 2.29. The first kappa shape index (κ1) is 9.80. The first-order chi connectivity index (χ1) is 7.31. The Balaban J connectivity index is 2.61. The first-order valence-corrected chi connectivity index (χ1v) is 4.62. The minimum absolute atomic E-state index is 0.550. The SMILES string of the molecule is OCC(F)=Cc1ccnc2ccccc12. The van der Waals surface area contributed by atoms with Crippen LogP contribution < -0.4 is 0 Å². The minimum atomic E-state index is -0.573. The van der Waals surface area contributed by atoms with E-state index in [1.807, 2.05) is 24.3 Å². The molecule has 0 fully saturated rings. The molecule has 3 heteroatoms. The lowest BCUT2D eigenvalue weighted by Crippen LogP contribution is -1.85. The molecule has 0 amide bonds. The molecule has 0 saturated carbocycles. The van der Waals surface area contributed by atoms with Crippen LogP contribution in [0, 0.1) is 0 Å². The lowest BCUT2D eigenvalue weighted by atomic mass is 10.1. The van der Waals surface area contributed by atoms with E-state index in [-0.39, 0.29) is 0 Å². The number of aromatic nitrogens is 1. The molecular weight excluding hydrogens is 193 g/mol. The fraction of sp³-hybridized carbons (Fsp3) is 0.0833. The molecule has 0 aliphatic heterocycles. The molecule has 15 heavy (non-hydrogen) atoms. The van der Waals surface area contributed by atoms with Crippen molar-refractivity contribution in [2.75, 3.05) is 6.61 Å². The Morgan fingerprint density at radius 3 is 2.93 bits per heavy atom. The van der Waals surface area contributed by atoms with E-state index in [4.69, 9.17) is 5.11 Å². The summed E-state index contributed by atoms with van der Waals surface area (Å²) in [7, 11) is 0. The number of fused-ring (bicyclic) bond motifs is 1. The number of hydrogen-bond donors (Lipinski definition) is 1. The van der Waals surface area contributed by atoms with Crippen molar-refractivity contribution in [3.05, 3.63) is 47.9 Å². The van der Waals surface area contributed by atoms with Crippen LogP contribution >= 0.6 is 0 Å². The van der Waals surface area contributed by atoms with Crippen molar-refractivity contribution in [3.8, 4) is 0 Å². The van der Waals surface area contributed by atoms with Gasteiger partial charge in [0, 0.05) is 11.6 Å². The van der Waals surface area contributed by atoms with Crippen molar-refractivity contribution in [1.29, 1.82) is 0 Å². The highest BCUT2D eigenvalue weighted by atomic mass is 19.1. The fourth-order valence-electron chi connectivity index (χ4n) is 1.46. The number of para-hydroxylation sites is 1. The molecular formula is C12H10FNO. The zero-order chi connectivity index (χ0) is 10.7. The second-order valence-corrected chi connectivity index (χ2v) is 3.17. The number of nitrogens with zero attached hydrogens (tertiary/aromatic N) is 1. The second-order valence-electron chi connectivity index (χ2n) is 3.17. The standard InChI is InChI=1S/C12H10FNO/c13-10(8-15)7-9-5-6-14-12-4-2-1-3-11(9)12/h1-7,15H,8H2. The molecule has 0 radical (unpaired) electrons. The second kappa shape index (κ2) is 4.19. The molecule has 76 valence electrons. The number of aliphatic hydroxyl groups is 1. The molecule has 0 aliphatic carbocycles. The van der Waals surface area contributed by atoms with Gasteiger partial charge in [0.25, 0.3) is 0 Å². The van der Waals surface area contributed by atoms with Crippen LogP contribution in [-0.2, 0) is 0 Å². The van der Waals surface area contributed by atoms with E-state index in [1.165, 1.54) is 6.08 Å². The Morgan fingerprint density at radius 1 is 1.33 bits per heavy atom. The van der Waals surface area contributed by atoms with Gasteiger partial charge >= 0.3 is 0 Å². The van der Waals surface area contributed by atoms with Gasteiger partial charge in [-0.25, -0.2) is 4.39 Å². The minimum Gasteiger partial charge on any atom is -0.389 e. The van der Waals surface area contributed by atoms with Gasteiger partial charge in [-0.3, -0.25) is 4.98 Å². The lowest BCUT2D eigenvalue weighted by Gasteiger charge is -2.00. The third-order valence-electron chi connectivity index (χ3n) is 2.15. The third-order valence-corrected chi connectivity index (χ3v) is 2.15. The molecule has 1 N–H and O–H groups in total. The van der Waals surface area contributed by atoms with Crippen molar-refractivity contribution in [2.24, 2.45) is 0 Å². The number of benzene rings is 1. The van der Waals surface area contributed by atoms with Crippen molar-refractivity contribution >= 4 is 17.0 Å². The fourth-order valence-corrected chi connectivity index (χ4v) is 1.46. The largest absolute Gasteiger partial charge is 0.389 e. The average molecular weight is 203 g/mol. The van der Waals surface area contributed by atoms with Crippen LogP contribution in [0.15, 0.2) is 42.4 Å². The van der Waals surface area contributed by atoms with Gasteiger partial charge in [0.2, 0.25) is 0 Å². The van der Waals surface area contributed by atoms with Crippen LogP contribution in [0.1, 0.15) is 5.56 Å². The smallest absolute Gasteiger partial charge is 0.126 e. The maximum absolute atomic E-state index is 12.9. The predicted molar refractivity (Wildman–Crippen MR) is 57.9 cm³/mol. The summed E-state index contributed by atoms with van der Waals surface area (Å²) in [5, 5.41) is 9.49. The van der Waals surface area contributed by atoms with E-state index in [2.05, 4.69) is 4.98 Å². The molecule has 1 aromatic carbocycles. The highest BCUT2D eigenvalue weighted by Gasteiger charge is 1.99. The topological polar surface area (TPSA) is 33.1 Å². The molecule has 2 nitrogen and oxygen atoms in total. The molecule has 0 unspecified atom stereocenters. The summed E-state index contributed by atoms with van der Waals surface area (Å²) < 4.78 is 12.9. The van der Waals surface area contributed by atoms with E-state index in [0.717, 1.165) is 16.5 Å². The third kappa shape index (κ3) is 2.02. The van der Waals surface area contributed by atoms with Crippen LogP contribution in [0.3, 0.4) is 0 Å². The number of rotatable bonds is 2. The highest BCUT2D eigenvalue weighted by molar-refractivity contribution is 5.87. The maximum Gasteiger partial charge on any atom is 0.126 e. The van der Waals surface area contributed by atoms with Crippen LogP contribution in [0.2, 0.25) is 0 Å². The summed E-state index contributed by atoms with van der Waals surface area (Å²) in [6.45, 7) is -0.573. The van der Waals surface area contributed by atoms with E-state index in [9.17, 15) is 4.39 Å². The number of aliphatic hydroxyl groups excluding tert-OH is 1. The Labute approximate surface area is 86.7 Å². The van der Waals surface area contributed by atoms with Crippen LogP contribution in [-0.4, -0.2) is 16.7 Å². The summed E-state index contributed by atoms with van der Waals surface area (Å²) >= 11 is 0. The molecule has 0 spiro atoms. The van der Waals surface area contributed by atoms with Crippen molar-refractivity contribution in [2.45, 2.75) is 0 Å². The molecule has 0 saturated heterocycles.